The Balaban J connectivity index is 1.76. The van der Waals surface area contributed by atoms with Crippen LogP contribution in [0.2, 0.25) is 0 Å². The SMILES string of the molecule is O=S(=O)(NCc1cn(-c2ccsc2)nn1)c1cc(F)ccc1F. The quantitative estimate of drug-likeness (QED) is 0.759. The Morgan fingerprint density at radius 2 is 2.09 bits per heavy atom. The van der Waals surface area contributed by atoms with Crippen molar-refractivity contribution in [3.63, 3.8) is 0 Å². The van der Waals surface area contributed by atoms with Gasteiger partial charge in [-0.2, -0.15) is 11.3 Å². The van der Waals surface area contributed by atoms with Crippen molar-refractivity contribution in [3.8, 4) is 5.69 Å². The minimum atomic E-state index is -4.20. The molecule has 1 aromatic carbocycles. The molecule has 0 radical (unpaired) electrons. The van der Waals surface area contributed by atoms with Crippen molar-refractivity contribution < 1.29 is 17.2 Å². The van der Waals surface area contributed by atoms with Crippen LogP contribution in [0, 0.1) is 11.6 Å². The van der Waals surface area contributed by atoms with E-state index in [0.29, 0.717) is 11.8 Å². The van der Waals surface area contributed by atoms with Gasteiger partial charge in [-0.3, -0.25) is 0 Å². The van der Waals surface area contributed by atoms with Crippen molar-refractivity contribution in [3.05, 3.63) is 58.6 Å². The Hall–Kier alpha value is -2.17. The van der Waals surface area contributed by atoms with E-state index in [-0.39, 0.29) is 6.54 Å². The van der Waals surface area contributed by atoms with Gasteiger partial charge in [0.25, 0.3) is 0 Å². The zero-order valence-corrected chi connectivity index (χ0v) is 13.1. The lowest BCUT2D eigenvalue weighted by Crippen LogP contribution is -2.24. The van der Waals surface area contributed by atoms with Gasteiger partial charge in [0.05, 0.1) is 24.1 Å². The Morgan fingerprint density at radius 1 is 1.26 bits per heavy atom. The lowest BCUT2D eigenvalue weighted by molar-refractivity contribution is 0.545. The number of nitrogens with zero attached hydrogens (tertiary/aromatic N) is 3. The summed E-state index contributed by atoms with van der Waals surface area (Å²) in [6, 6.07) is 4.06. The number of aromatic nitrogens is 3. The maximum absolute atomic E-state index is 13.6. The first-order valence-electron chi connectivity index (χ1n) is 6.34. The van der Waals surface area contributed by atoms with E-state index in [0.717, 1.165) is 17.8 Å². The lowest BCUT2D eigenvalue weighted by Gasteiger charge is -2.06. The molecule has 0 aliphatic rings. The summed E-state index contributed by atoms with van der Waals surface area (Å²) >= 11 is 1.48. The molecule has 1 N–H and O–H groups in total. The van der Waals surface area contributed by atoms with Crippen LogP contribution in [0.15, 0.2) is 46.1 Å². The van der Waals surface area contributed by atoms with E-state index in [2.05, 4.69) is 15.0 Å². The smallest absolute Gasteiger partial charge is 0.220 e. The van der Waals surface area contributed by atoms with Crippen LogP contribution >= 0.6 is 11.3 Å². The minimum Gasteiger partial charge on any atom is -0.220 e. The summed E-state index contributed by atoms with van der Waals surface area (Å²) in [5.74, 6) is -1.86. The van der Waals surface area contributed by atoms with Gasteiger partial charge < -0.3 is 0 Å². The second-order valence-corrected chi connectivity index (χ2v) is 7.05. The molecule has 0 fully saturated rings. The van der Waals surface area contributed by atoms with E-state index >= 15 is 0 Å². The molecule has 10 heteroatoms. The third-order valence-corrected chi connectivity index (χ3v) is 5.02. The van der Waals surface area contributed by atoms with Crippen LogP contribution in [0.3, 0.4) is 0 Å². The van der Waals surface area contributed by atoms with Crippen molar-refractivity contribution in [2.45, 2.75) is 11.4 Å². The standard InChI is InChI=1S/C13H10F2N4O2S2/c14-9-1-2-12(15)13(5-9)23(20,21)16-6-10-7-19(18-17-10)11-3-4-22-8-11/h1-5,7-8,16H,6H2. The van der Waals surface area contributed by atoms with Crippen LogP contribution in [-0.2, 0) is 16.6 Å². The first kappa shape index (κ1) is 15.7. The summed E-state index contributed by atoms with van der Waals surface area (Å²) in [6.45, 7) is -0.192. The zero-order valence-electron chi connectivity index (χ0n) is 11.5. The average Bonchev–Trinajstić information content (AvgIpc) is 3.18. The van der Waals surface area contributed by atoms with Gasteiger partial charge >= 0.3 is 0 Å². The fraction of sp³-hybridized carbons (Fsp3) is 0.0769. The number of thiophene rings is 1. The Labute approximate surface area is 134 Å². The molecule has 0 bridgehead atoms. The fourth-order valence-electron chi connectivity index (χ4n) is 1.82. The van der Waals surface area contributed by atoms with Gasteiger partial charge in [-0.1, -0.05) is 5.21 Å². The van der Waals surface area contributed by atoms with Crippen LogP contribution < -0.4 is 4.72 Å². The molecule has 0 amide bonds. The Bertz CT molecular complexity index is 923. The number of nitrogens with one attached hydrogen (secondary N) is 1. The third kappa shape index (κ3) is 3.44. The molecule has 120 valence electrons. The van der Waals surface area contributed by atoms with Crippen molar-refractivity contribution in [1.29, 1.82) is 0 Å². The highest BCUT2D eigenvalue weighted by Gasteiger charge is 2.20. The van der Waals surface area contributed by atoms with Crippen LogP contribution in [-0.4, -0.2) is 23.4 Å². The highest BCUT2D eigenvalue weighted by Crippen LogP contribution is 2.16. The molecular formula is C13H10F2N4O2S2. The third-order valence-electron chi connectivity index (χ3n) is 2.94. The van der Waals surface area contributed by atoms with E-state index in [1.807, 2.05) is 16.8 Å². The summed E-state index contributed by atoms with van der Waals surface area (Å²) in [5, 5.41) is 11.4. The van der Waals surface area contributed by atoms with Crippen LogP contribution in [0.1, 0.15) is 5.69 Å². The zero-order chi connectivity index (χ0) is 16.4. The molecule has 0 spiro atoms. The summed E-state index contributed by atoms with van der Waals surface area (Å²) < 4.78 is 54.4. The molecule has 3 aromatic rings. The van der Waals surface area contributed by atoms with E-state index < -0.39 is 26.6 Å². The van der Waals surface area contributed by atoms with Gasteiger partial charge in [0.1, 0.15) is 16.5 Å². The molecular weight excluding hydrogens is 346 g/mol. The normalized spacial score (nSPS) is 11.7. The summed E-state index contributed by atoms with van der Waals surface area (Å²) in [6.07, 6.45) is 1.55. The van der Waals surface area contributed by atoms with E-state index in [1.165, 1.54) is 16.0 Å². The van der Waals surface area contributed by atoms with Gasteiger partial charge in [-0.25, -0.2) is 26.6 Å². The molecule has 0 aliphatic carbocycles. The van der Waals surface area contributed by atoms with Crippen molar-refractivity contribution in [2.24, 2.45) is 0 Å². The average molecular weight is 356 g/mol. The highest BCUT2D eigenvalue weighted by molar-refractivity contribution is 7.89. The molecule has 0 atom stereocenters. The van der Waals surface area contributed by atoms with Crippen molar-refractivity contribution >= 4 is 21.4 Å². The lowest BCUT2D eigenvalue weighted by atomic mass is 10.3. The number of halogens is 2. The van der Waals surface area contributed by atoms with Gasteiger partial charge in [0.15, 0.2) is 0 Å². The maximum atomic E-state index is 13.6. The number of sulfonamides is 1. The molecule has 0 unspecified atom stereocenters. The monoisotopic (exact) mass is 356 g/mol. The molecule has 0 saturated heterocycles. The molecule has 2 aromatic heterocycles. The van der Waals surface area contributed by atoms with Gasteiger partial charge in [-0.15, -0.1) is 5.10 Å². The number of benzene rings is 1. The predicted octanol–water partition coefficient (Wildman–Crippen LogP) is 2.09. The minimum absolute atomic E-state index is 0.192. The topological polar surface area (TPSA) is 76.9 Å². The Kier molecular flexibility index (Phi) is 4.20. The summed E-state index contributed by atoms with van der Waals surface area (Å²) in [7, 11) is -4.20. The highest BCUT2D eigenvalue weighted by atomic mass is 32.2. The van der Waals surface area contributed by atoms with Gasteiger partial charge in [0.2, 0.25) is 10.0 Å². The molecule has 6 nitrogen and oxygen atoms in total. The predicted molar refractivity (Wildman–Crippen MR) is 79.6 cm³/mol. The van der Waals surface area contributed by atoms with Gasteiger partial charge in [-0.05, 0) is 29.6 Å². The van der Waals surface area contributed by atoms with Crippen molar-refractivity contribution in [1.82, 2.24) is 19.7 Å². The fourth-order valence-corrected chi connectivity index (χ4v) is 3.53. The van der Waals surface area contributed by atoms with Crippen LogP contribution in [0.4, 0.5) is 8.78 Å². The maximum Gasteiger partial charge on any atom is 0.243 e. The molecule has 0 saturated carbocycles. The molecule has 0 aliphatic heterocycles. The summed E-state index contributed by atoms with van der Waals surface area (Å²) in [5.41, 5.74) is 1.14. The molecule has 3 rings (SSSR count). The summed E-state index contributed by atoms with van der Waals surface area (Å²) in [4.78, 5) is -0.747. The molecule has 23 heavy (non-hydrogen) atoms. The number of hydrogen-bond acceptors (Lipinski definition) is 5. The van der Waals surface area contributed by atoms with E-state index in [4.69, 9.17) is 0 Å². The first-order chi connectivity index (χ1) is 11.0. The Morgan fingerprint density at radius 3 is 2.83 bits per heavy atom. The van der Waals surface area contributed by atoms with Gasteiger partial charge in [0, 0.05) is 5.38 Å². The first-order valence-corrected chi connectivity index (χ1v) is 8.77. The number of hydrogen-bond donors (Lipinski definition) is 1. The van der Waals surface area contributed by atoms with Crippen molar-refractivity contribution in [2.75, 3.05) is 0 Å². The second kappa shape index (κ2) is 6.14. The van der Waals surface area contributed by atoms with Crippen LogP contribution in [0.25, 0.3) is 5.69 Å². The number of rotatable bonds is 5. The van der Waals surface area contributed by atoms with E-state index in [9.17, 15) is 17.2 Å². The second-order valence-electron chi connectivity index (χ2n) is 4.54. The van der Waals surface area contributed by atoms with E-state index in [1.54, 1.807) is 6.20 Å². The van der Waals surface area contributed by atoms with Crippen LogP contribution in [0.5, 0.6) is 0 Å². The molecule has 2 heterocycles. The largest absolute Gasteiger partial charge is 0.243 e.